The molecule has 2 N–H and O–H groups in total. The van der Waals surface area contributed by atoms with Gasteiger partial charge in [-0.05, 0) is 46.2 Å². The fraction of sp³-hybridized carbons (Fsp3) is 0.278. The summed E-state index contributed by atoms with van der Waals surface area (Å²) in [5.74, 6) is 0.803. The van der Waals surface area contributed by atoms with Crippen molar-refractivity contribution in [3.63, 3.8) is 0 Å². The highest BCUT2D eigenvalue weighted by Crippen LogP contribution is 2.27. The lowest BCUT2D eigenvalue weighted by molar-refractivity contribution is -0.115. The second-order valence-corrected chi connectivity index (χ2v) is 7.01. The van der Waals surface area contributed by atoms with E-state index in [-0.39, 0.29) is 18.3 Å². The summed E-state index contributed by atoms with van der Waals surface area (Å²) < 4.78 is 1.07. The minimum atomic E-state index is 0. The highest BCUT2D eigenvalue weighted by Gasteiger charge is 2.07. The van der Waals surface area contributed by atoms with Crippen molar-refractivity contribution in [1.82, 2.24) is 5.32 Å². The maximum Gasteiger partial charge on any atom is 0.225 e. The number of carbonyl (C=O) groups excluding carboxylic acids is 1. The molecule has 24 heavy (non-hydrogen) atoms. The number of carbonyl (C=O) groups is 1. The van der Waals surface area contributed by atoms with Crippen LogP contribution >= 0.6 is 40.1 Å². The van der Waals surface area contributed by atoms with Crippen LogP contribution in [-0.4, -0.2) is 18.2 Å². The van der Waals surface area contributed by atoms with Gasteiger partial charge in [-0.15, -0.1) is 24.2 Å². The topological polar surface area (TPSA) is 41.1 Å². The Hall–Kier alpha value is -1.01. The highest BCUT2D eigenvalue weighted by atomic mass is 79.9. The fourth-order valence-corrected chi connectivity index (χ4v) is 3.60. The van der Waals surface area contributed by atoms with Crippen LogP contribution in [0.2, 0.25) is 0 Å². The molecule has 0 heterocycles. The van der Waals surface area contributed by atoms with Gasteiger partial charge in [0, 0.05) is 33.8 Å². The zero-order valence-electron chi connectivity index (χ0n) is 13.5. The molecule has 1 amide bonds. The van der Waals surface area contributed by atoms with Crippen molar-refractivity contribution in [2.24, 2.45) is 0 Å². The molecule has 0 spiro atoms. The molecular formula is C18H22BrClN2OS. The van der Waals surface area contributed by atoms with E-state index in [1.165, 1.54) is 0 Å². The normalized spacial score (nSPS) is 10.1. The van der Waals surface area contributed by atoms with Crippen LogP contribution < -0.4 is 10.6 Å². The molecule has 0 atom stereocenters. The van der Waals surface area contributed by atoms with Gasteiger partial charge in [0.05, 0.1) is 0 Å². The number of benzene rings is 2. The van der Waals surface area contributed by atoms with E-state index in [1.807, 2.05) is 42.5 Å². The molecule has 0 radical (unpaired) electrons. The van der Waals surface area contributed by atoms with Gasteiger partial charge in [0.15, 0.2) is 0 Å². The Morgan fingerprint density at radius 1 is 1.12 bits per heavy atom. The van der Waals surface area contributed by atoms with E-state index in [0.29, 0.717) is 6.42 Å². The molecule has 2 rings (SSSR count). The molecule has 0 bridgehead atoms. The van der Waals surface area contributed by atoms with E-state index in [9.17, 15) is 4.79 Å². The number of anilines is 1. The molecule has 2 aromatic carbocycles. The van der Waals surface area contributed by atoms with Crippen LogP contribution in [0.15, 0.2) is 57.9 Å². The Morgan fingerprint density at radius 2 is 1.83 bits per heavy atom. The predicted octanol–water partition coefficient (Wildman–Crippen LogP) is 5.10. The van der Waals surface area contributed by atoms with E-state index >= 15 is 0 Å². The summed E-state index contributed by atoms with van der Waals surface area (Å²) in [6.07, 6.45) is 0.488. The third kappa shape index (κ3) is 6.85. The SMILES string of the molecule is CCNCc1ccccc1NC(=O)CCSc1ccccc1Br.Cl. The van der Waals surface area contributed by atoms with Crippen molar-refractivity contribution in [2.45, 2.75) is 24.8 Å². The number of amides is 1. The minimum Gasteiger partial charge on any atom is -0.326 e. The van der Waals surface area contributed by atoms with Gasteiger partial charge < -0.3 is 10.6 Å². The van der Waals surface area contributed by atoms with Crippen molar-refractivity contribution in [1.29, 1.82) is 0 Å². The van der Waals surface area contributed by atoms with Crippen molar-refractivity contribution in [3.05, 3.63) is 58.6 Å². The summed E-state index contributed by atoms with van der Waals surface area (Å²) in [5.41, 5.74) is 2.01. The van der Waals surface area contributed by atoms with Crippen molar-refractivity contribution in [2.75, 3.05) is 17.6 Å². The predicted molar refractivity (Wildman–Crippen MR) is 109 cm³/mol. The molecule has 0 saturated carbocycles. The van der Waals surface area contributed by atoms with Crippen molar-refractivity contribution >= 4 is 51.7 Å². The summed E-state index contributed by atoms with van der Waals surface area (Å²) in [7, 11) is 0. The molecule has 6 heteroatoms. The van der Waals surface area contributed by atoms with E-state index in [0.717, 1.165) is 39.5 Å². The number of nitrogens with one attached hydrogen (secondary N) is 2. The Balaban J connectivity index is 0.00000288. The maximum absolute atomic E-state index is 12.2. The first-order valence-electron chi connectivity index (χ1n) is 7.66. The summed E-state index contributed by atoms with van der Waals surface area (Å²) in [6.45, 7) is 3.74. The van der Waals surface area contributed by atoms with Gasteiger partial charge in [0.25, 0.3) is 0 Å². The van der Waals surface area contributed by atoms with Gasteiger partial charge in [0.1, 0.15) is 0 Å². The van der Waals surface area contributed by atoms with Gasteiger partial charge in [-0.25, -0.2) is 0 Å². The summed E-state index contributed by atoms with van der Waals surface area (Å²) in [5, 5.41) is 6.30. The van der Waals surface area contributed by atoms with Gasteiger partial charge in [-0.2, -0.15) is 0 Å². The van der Waals surface area contributed by atoms with E-state index < -0.39 is 0 Å². The van der Waals surface area contributed by atoms with Crippen molar-refractivity contribution < 1.29 is 4.79 Å². The number of para-hydroxylation sites is 1. The molecule has 0 unspecified atom stereocenters. The molecule has 2 aromatic rings. The molecule has 130 valence electrons. The van der Waals surface area contributed by atoms with Gasteiger partial charge in [-0.3, -0.25) is 4.79 Å². The Bertz CT molecular complexity index is 654. The molecule has 0 aromatic heterocycles. The van der Waals surface area contributed by atoms with E-state index in [4.69, 9.17) is 0 Å². The van der Waals surface area contributed by atoms with Crippen LogP contribution in [0.5, 0.6) is 0 Å². The molecule has 0 aliphatic rings. The van der Waals surface area contributed by atoms with Crippen LogP contribution in [0.3, 0.4) is 0 Å². The summed E-state index contributed by atoms with van der Waals surface area (Å²) >= 11 is 5.21. The second kappa shape index (κ2) is 11.5. The number of halogens is 2. The van der Waals surface area contributed by atoms with Crippen LogP contribution in [0.25, 0.3) is 0 Å². The van der Waals surface area contributed by atoms with Gasteiger partial charge in [-0.1, -0.05) is 37.3 Å². The Morgan fingerprint density at radius 3 is 2.58 bits per heavy atom. The zero-order valence-corrected chi connectivity index (χ0v) is 16.8. The van der Waals surface area contributed by atoms with Crippen LogP contribution in [0.4, 0.5) is 5.69 Å². The number of hydrogen-bond donors (Lipinski definition) is 2. The average Bonchev–Trinajstić information content (AvgIpc) is 2.56. The van der Waals surface area contributed by atoms with Crippen LogP contribution in [0.1, 0.15) is 18.9 Å². The second-order valence-electron chi connectivity index (χ2n) is 5.01. The number of hydrogen-bond acceptors (Lipinski definition) is 3. The fourth-order valence-electron chi connectivity index (χ4n) is 2.08. The number of thioether (sulfide) groups is 1. The molecule has 3 nitrogen and oxygen atoms in total. The van der Waals surface area contributed by atoms with Crippen LogP contribution in [-0.2, 0) is 11.3 Å². The molecular weight excluding hydrogens is 408 g/mol. The average molecular weight is 430 g/mol. The molecule has 0 aliphatic carbocycles. The summed E-state index contributed by atoms with van der Waals surface area (Å²) in [6, 6.07) is 16.0. The Labute approximate surface area is 162 Å². The lowest BCUT2D eigenvalue weighted by Crippen LogP contribution is -2.17. The number of rotatable bonds is 8. The maximum atomic E-state index is 12.2. The lowest BCUT2D eigenvalue weighted by atomic mass is 10.1. The van der Waals surface area contributed by atoms with E-state index in [1.54, 1.807) is 11.8 Å². The molecule has 0 saturated heterocycles. The monoisotopic (exact) mass is 428 g/mol. The van der Waals surface area contributed by atoms with E-state index in [2.05, 4.69) is 39.6 Å². The van der Waals surface area contributed by atoms with Gasteiger partial charge in [0.2, 0.25) is 5.91 Å². The first kappa shape index (κ1) is 21.0. The lowest BCUT2D eigenvalue weighted by Gasteiger charge is -2.11. The van der Waals surface area contributed by atoms with Gasteiger partial charge >= 0.3 is 0 Å². The third-order valence-electron chi connectivity index (χ3n) is 3.28. The minimum absolute atomic E-state index is 0. The molecule has 0 aliphatic heterocycles. The smallest absolute Gasteiger partial charge is 0.225 e. The van der Waals surface area contributed by atoms with Crippen LogP contribution in [0, 0.1) is 0 Å². The first-order valence-corrected chi connectivity index (χ1v) is 9.44. The van der Waals surface area contributed by atoms with Crippen molar-refractivity contribution in [3.8, 4) is 0 Å². The molecule has 0 fully saturated rings. The summed E-state index contributed by atoms with van der Waals surface area (Å²) in [4.78, 5) is 13.3. The zero-order chi connectivity index (χ0) is 16.5. The first-order chi connectivity index (χ1) is 11.2. The largest absolute Gasteiger partial charge is 0.326 e. The standard InChI is InChI=1S/C18H21BrN2OS.ClH/c1-2-20-13-14-7-3-5-9-16(14)21-18(22)11-12-23-17-10-6-4-8-15(17)19;/h3-10,20H,2,11-13H2,1H3,(H,21,22);1H. The third-order valence-corrected chi connectivity index (χ3v) is 5.31. The quantitative estimate of drug-likeness (QED) is 0.573. The Kier molecular flexibility index (Phi) is 10.1. The highest BCUT2D eigenvalue weighted by molar-refractivity contribution is 9.10.